The van der Waals surface area contributed by atoms with E-state index in [0.717, 1.165) is 11.5 Å². The normalized spacial score (nSPS) is 29.3. The summed E-state index contributed by atoms with van der Waals surface area (Å²) in [6, 6.07) is 0. The molecule has 0 heterocycles. The van der Waals surface area contributed by atoms with E-state index < -0.39 is 0 Å². The zero-order valence-corrected chi connectivity index (χ0v) is 8.65. The van der Waals surface area contributed by atoms with Crippen LogP contribution in [0.4, 0.5) is 0 Å². The maximum Gasteiger partial charge on any atom is 0.0434 e. The fourth-order valence-electron chi connectivity index (χ4n) is 1.34. The second kappa shape index (κ2) is 3.95. The molecule has 0 aliphatic heterocycles. The Labute approximate surface area is 79.6 Å². The molecule has 0 aromatic heterocycles. The largest absolute Gasteiger partial charge is 0.0841 e. The second-order valence-electron chi connectivity index (χ2n) is 3.50. The first-order chi connectivity index (χ1) is 5.59. The quantitative estimate of drug-likeness (QED) is 0.531. The Hall–Kier alpha value is -0.490. The molecule has 1 aliphatic rings. The van der Waals surface area contributed by atoms with E-state index in [4.69, 9.17) is 11.6 Å². The summed E-state index contributed by atoms with van der Waals surface area (Å²) in [5.74, 6) is 0.626. The molecule has 1 unspecified atom stereocenters. The maximum atomic E-state index is 6.04. The van der Waals surface area contributed by atoms with E-state index in [1.54, 1.807) is 0 Å². The molecule has 12 heavy (non-hydrogen) atoms. The first-order valence-corrected chi connectivity index (χ1v) is 4.70. The van der Waals surface area contributed by atoms with Crippen molar-refractivity contribution in [3.63, 3.8) is 0 Å². The van der Waals surface area contributed by atoms with Gasteiger partial charge in [-0.15, -0.1) is 0 Å². The minimum Gasteiger partial charge on any atom is -0.0841 e. The van der Waals surface area contributed by atoms with Crippen LogP contribution in [0.3, 0.4) is 0 Å². The number of hydrogen-bond donors (Lipinski definition) is 0. The lowest BCUT2D eigenvalue weighted by Crippen LogP contribution is -1.92. The van der Waals surface area contributed by atoms with Crippen LogP contribution in [0.15, 0.2) is 34.4 Å². The molecule has 0 amide bonds. The van der Waals surface area contributed by atoms with Crippen LogP contribution in [0.25, 0.3) is 0 Å². The number of rotatable bonds is 0. The average Bonchev–Trinajstić information content (AvgIpc) is 1.98. The molecule has 1 heteroatoms. The van der Waals surface area contributed by atoms with Gasteiger partial charge >= 0.3 is 0 Å². The Balaban J connectivity index is 2.97. The molecule has 0 radical (unpaired) electrons. The van der Waals surface area contributed by atoms with E-state index >= 15 is 0 Å². The van der Waals surface area contributed by atoms with Crippen LogP contribution in [0.1, 0.15) is 27.2 Å². The molecule has 0 nitrogen and oxygen atoms in total. The molecule has 0 spiro atoms. The van der Waals surface area contributed by atoms with Crippen molar-refractivity contribution in [2.24, 2.45) is 5.92 Å². The predicted octanol–water partition coefficient (Wildman–Crippen LogP) is 4.04. The van der Waals surface area contributed by atoms with Crippen LogP contribution < -0.4 is 0 Å². The SMILES string of the molecule is CC1=CC(C)C/C=C(\C)C(Cl)=C1. The minimum absolute atomic E-state index is 0.626. The van der Waals surface area contributed by atoms with Gasteiger partial charge in [-0.05, 0) is 37.8 Å². The summed E-state index contributed by atoms with van der Waals surface area (Å²) in [5, 5.41) is 0.871. The highest BCUT2D eigenvalue weighted by Crippen LogP contribution is 2.22. The van der Waals surface area contributed by atoms with Gasteiger partial charge in [0.2, 0.25) is 0 Å². The van der Waals surface area contributed by atoms with Crippen molar-refractivity contribution in [2.75, 3.05) is 0 Å². The summed E-state index contributed by atoms with van der Waals surface area (Å²) >= 11 is 6.04. The van der Waals surface area contributed by atoms with Gasteiger partial charge in [0.05, 0.1) is 0 Å². The van der Waals surface area contributed by atoms with Crippen molar-refractivity contribution >= 4 is 11.6 Å². The Morgan fingerprint density at radius 1 is 1.42 bits per heavy atom. The van der Waals surface area contributed by atoms with E-state index in [1.807, 2.05) is 6.08 Å². The van der Waals surface area contributed by atoms with Crippen molar-refractivity contribution in [3.8, 4) is 0 Å². The fraction of sp³-hybridized carbons (Fsp3) is 0.455. The van der Waals surface area contributed by atoms with E-state index in [-0.39, 0.29) is 0 Å². The first-order valence-electron chi connectivity index (χ1n) is 4.32. The van der Waals surface area contributed by atoms with Crippen LogP contribution in [0, 0.1) is 5.92 Å². The van der Waals surface area contributed by atoms with Crippen LogP contribution in [0.2, 0.25) is 0 Å². The smallest absolute Gasteiger partial charge is 0.0434 e. The molecular formula is C11H15Cl. The average molecular weight is 183 g/mol. The minimum atomic E-state index is 0.626. The lowest BCUT2D eigenvalue weighted by atomic mass is 9.99. The third kappa shape index (κ3) is 2.53. The Morgan fingerprint density at radius 2 is 2.08 bits per heavy atom. The van der Waals surface area contributed by atoms with E-state index in [1.165, 1.54) is 11.1 Å². The molecule has 0 saturated heterocycles. The van der Waals surface area contributed by atoms with Crippen molar-refractivity contribution in [1.29, 1.82) is 0 Å². The number of allylic oxidation sites excluding steroid dienone is 6. The summed E-state index contributed by atoms with van der Waals surface area (Å²) in [6.07, 6.45) is 7.58. The van der Waals surface area contributed by atoms with Crippen LogP contribution in [-0.4, -0.2) is 0 Å². The topological polar surface area (TPSA) is 0 Å². The third-order valence-electron chi connectivity index (χ3n) is 2.07. The number of hydrogen-bond acceptors (Lipinski definition) is 0. The van der Waals surface area contributed by atoms with Crippen LogP contribution in [-0.2, 0) is 0 Å². The summed E-state index contributed by atoms with van der Waals surface area (Å²) in [4.78, 5) is 0. The van der Waals surface area contributed by atoms with Crippen molar-refractivity contribution in [2.45, 2.75) is 27.2 Å². The Bertz CT molecular complexity index is 256. The summed E-state index contributed by atoms with van der Waals surface area (Å²) in [6.45, 7) is 6.38. The third-order valence-corrected chi connectivity index (χ3v) is 2.48. The van der Waals surface area contributed by atoms with Gasteiger partial charge < -0.3 is 0 Å². The number of halogens is 1. The Kier molecular flexibility index (Phi) is 3.16. The van der Waals surface area contributed by atoms with Crippen molar-refractivity contribution < 1.29 is 0 Å². The molecular weight excluding hydrogens is 168 g/mol. The van der Waals surface area contributed by atoms with Crippen LogP contribution >= 0.6 is 11.6 Å². The highest BCUT2D eigenvalue weighted by molar-refractivity contribution is 6.32. The van der Waals surface area contributed by atoms with Gasteiger partial charge in [0.1, 0.15) is 0 Å². The summed E-state index contributed by atoms with van der Waals surface area (Å²) in [5.41, 5.74) is 2.45. The summed E-state index contributed by atoms with van der Waals surface area (Å²) < 4.78 is 0. The first kappa shape index (κ1) is 9.60. The molecule has 0 N–H and O–H groups in total. The van der Waals surface area contributed by atoms with Gasteiger partial charge in [-0.1, -0.05) is 36.2 Å². The molecule has 0 fully saturated rings. The lowest BCUT2D eigenvalue weighted by molar-refractivity contribution is 0.735. The fourth-order valence-corrected chi connectivity index (χ4v) is 1.59. The molecule has 1 aliphatic carbocycles. The predicted molar refractivity (Wildman–Crippen MR) is 55.2 cm³/mol. The van der Waals surface area contributed by atoms with Gasteiger partial charge in [-0.2, -0.15) is 0 Å². The monoisotopic (exact) mass is 182 g/mol. The maximum absolute atomic E-state index is 6.04. The van der Waals surface area contributed by atoms with Crippen LogP contribution in [0.5, 0.6) is 0 Å². The Morgan fingerprint density at radius 3 is 2.75 bits per heavy atom. The molecule has 0 aromatic carbocycles. The van der Waals surface area contributed by atoms with Crippen molar-refractivity contribution in [1.82, 2.24) is 0 Å². The molecule has 1 atom stereocenters. The van der Waals surface area contributed by atoms with Gasteiger partial charge in [0, 0.05) is 5.03 Å². The lowest BCUT2D eigenvalue weighted by Gasteiger charge is -2.09. The second-order valence-corrected chi connectivity index (χ2v) is 3.91. The zero-order chi connectivity index (χ0) is 9.14. The zero-order valence-electron chi connectivity index (χ0n) is 7.89. The van der Waals surface area contributed by atoms with E-state index in [2.05, 4.69) is 32.9 Å². The van der Waals surface area contributed by atoms with Gasteiger partial charge in [-0.25, -0.2) is 0 Å². The van der Waals surface area contributed by atoms with Gasteiger partial charge in [0.15, 0.2) is 0 Å². The highest BCUT2D eigenvalue weighted by atomic mass is 35.5. The summed E-state index contributed by atoms with van der Waals surface area (Å²) in [7, 11) is 0. The van der Waals surface area contributed by atoms with Gasteiger partial charge in [-0.3, -0.25) is 0 Å². The highest BCUT2D eigenvalue weighted by Gasteiger charge is 2.03. The molecule has 66 valence electrons. The van der Waals surface area contributed by atoms with E-state index in [0.29, 0.717) is 5.92 Å². The van der Waals surface area contributed by atoms with Gasteiger partial charge in [0.25, 0.3) is 0 Å². The molecule has 0 bridgehead atoms. The van der Waals surface area contributed by atoms with Crippen molar-refractivity contribution in [3.05, 3.63) is 34.4 Å². The standard InChI is InChI=1S/C11H15Cl/c1-8-4-5-10(3)11(12)7-9(2)6-8/h5-8H,4H2,1-3H3/b9-6?,10-5+,11-7?. The molecule has 0 saturated carbocycles. The molecule has 0 aromatic rings. The molecule has 1 rings (SSSR count). The van der Waals surface area contributed by atoms with E-state index in [9.17, 15) is 0 Å².